The lowest BCUT2D eigenvalue weighted by molar-refractivity contribution is -0.138. The van der Waals surface area contributed by atoms with Crippen LogP contribution < -0.4 is 11.1 Å². The fourth-order valence-corrected chi connectivity index (χ4v) is 2.78. The van der Waals surface area contributed by atoms with Crippen molar-refractivity contribution in [3.05, 3.63) is 35.6 Å². The summed E-state index contributed by atoms with van der Waals surface area (Å²) in [6.07, 6.45) is 1.48. The van der Waals surface area contributed by atoms with E-state index >= 15 is 0 Å². The van der Waals surface area contributed by atoms with Gasteiger partial charge in [-0.1, -0.05) is 23.7 Å². The largest absolute Gasteiger partial charge is 0.462 e. The van der Waals surface area contributed by atoms with E-state index < -0.39 is 0 Å². The van der Waals surface area contributed by atoms with Crippen LogP contribution in [0.2, 0.25) is 5.02 Å². The Morgan fingerprint density at radius 2 is 1.93 bits per heavy atom. The second kappa shape index (κ2) is 8.12. The summed E-state index contributed by atoms with van der Waals surface area (Å²) in [6.45, 7) is 7.70. The van der Waals surface area contributed by atoms with Crippen LogP contribution >= 0.6 is 11.6 Å². The molecule has 1 saturated heterocycles. The number of nitrogens with two attached hydrogens (primary N) is 1. The number of carbonyl (C=O) groups is 1. The Morgan fingerprint density at radius 3 is 2.43 bits per heavy atom. The lowest BCUT2D eigenvalue weighted by Gasteiger charge is -2.27. The molecule has 1 fully saturated rings. The maximum Gasteiger partial charge on any atom is 0.293 e. The van der Waals surface area contributed by atoms with Crippen LogP contribution in [0, 0.1) is 0 Å². The van der Waals surface area contributed by atoms with Crippen LogP contribution in [-0.2, 0) is 9.53 Å². The Morgan fingerprint density at radius 1 is 1.25 bits per heavy atom. The lowest BCUT2D eigenvalue weighted by atomic mass is 10.1. The summed E-state index contributed by atoms with van der Waals surface area (Å²) in [5.74, 6) is 0.448. The molecule has 148 valence electrons. The molecular formula is C19H23ClN6O2. The number of nitrogens with zero attached hydrogens (tertiary/aromatic N) is 4. The van der Waals surface area contributed by atoms with Gasteiger partial charge in [0.1, 0.15) is 23.4 Å². The zero-order valence-corrected chi connectivity index (χ0v) is 16.8. The van der Waals surface area contributed by atoms with E-state index in [2.05, 4.69) is 20.0 Å². The maximum absolute atomic E-state index is 9.60. The molecule has 3 aromatic rings. The zero-order chi connectivity index (χ0) is 20.3. The van der Waals surface area contributed by atoms with Crippen molar-refractivity contribution in [1.29, 1.82) is 0 Å². The molecule has 28 heavy (non-hydrogen) atoms. The van der Waals surface area contributed by atoms with Crippen LogP contribution in [0.25, 0.3) is 22.3 Å². The number of nitrogens with one attached hydrogen (secondary N) is 1. The molecule has 0 saturated carbocycles. The van der Waals surface area contributed by atoms with E-state index in [1.54, 1.807) is 0 Å². The lowest BCUT2D eigenvalue weighted by Crippen LogP contribution is -2.43. The van der Waals surface area contributed by atoms with Gasteiger partial charge in [0.25, 0.3) is 6.47 Å². The molecule has 1 aliphatic rings. The van der Waals surface area contributed by atoms with Crippen molar-refractivity contribution in [2.75, 3.05) is 18.8 Å². The monoisotopic (exact) mass is 402 g/mol. The molecule has 0 spiro atoms. The fraction of sp³-hybridized carbons (Fsp3) is 0.368. The molecule has 0 atom stereocenters. The minimum Gasteiger partial charge on any atom is -0.462 e. The van der Waals surface area contributed by atoms with Gasteiger partial charge in [-0.25, -0.2) is 14.6 Å². The summed E-state index contributed by atoms with van der Waals surface area (Å²) in [4.78, 5) is 18.1. The summed E-state index contributed by atoms with van der Waals surface area (Å²) in [5, 5.41) is 9.45. The van der Waals surface area contributed by atoms with Gasteiger partial charge in [-0.15, -0.1) is 0 Å². The first-order valence-corrected chi connectivity index (χ1v) is 9.25. The second-order valence-electron chi connectivity index (χ2n) is 7.40. The predicted molar refractivity (Wildman–Crippen MR) is 109 cm³/mol. The van der Waals surface area contributed by atoms with Gasteiger partial charge in [0, 0.05) is 23.7 Å². The van der Waals surface area contributed by atoms with Gasteiger partial charge in [-0.05, 0) is 32.9 Å². The average Bonchev–Trinajstić information content (AvgIpc) is 2.94. The first-order valence-electron chi connectivity index (χ1n) is 8.87. The number of fused-ring (bicyclic) bond motifs is 1. The van der Waals surface area contributed by atoms with Gasteiger partial charge in [0.15, 0.2) is 5.65 Å². The summed E-state index contributed by atoms with van der Waals surface area (Å²) in [6, 6.07) is 7.85. The van der Waals surface area contributed by atoms with Gasteiger partial charge in [-0.3, -0.25) is 4.79 Å². The van der Waals surface area contributed by atoms with Crippen molar-refractivity contribution in [3.8, 4) is 11.3 Å². The number of ether oxygens (including phenoxy) is 1. The quantitative estimate of drug-likeness (QED) is 0.648. The minimum absolute atomic E-state index is 0.308. The van der Waals surface area contributed by atoms with Crippen molar-refractivity contribution in [2.45, 2.75) is 32.4 Å². The number of benzene rings is 1. The molecule has 0 bridgehead atoms. The van der Waals surface area contributed by atoms with E-state index in [4.69, 9.17) is 22.4 Å². The van der Waals surface area contributed by atoms with E-state index in [9.17, 15) is 4.79 Å². The molecular weight excluding hydrogens is 380 g/mol. The molecule has 1 aliphatic heterocycles. The normalized spacial score (nSPS) is 14.1. The summed E-state index contributed by atoms with van der Waals surface area (Å²) in [7, 11) is 0. The number of hydrogen-bond donors (Lipinski definition) is 2. The standard InChI is InChI=1S/C14H13ClN6.C5H10O2/c15-9-3-1-8(2-4-9)12-11-13(16)18-7-19-14(11)21(20-12)10-5-17-6-10;1-5(2,3)7-4-6/h1-4,7,10,17H,5-6H2,(H2,16,18,19);4H,1-3H3. The molecule has 4 rings (SSSR count). The molecule has 0 amide bonds. The Hall–Kier alpha value is -2.71. The number of halogens is 1. The van der Waals surface area contributed by atoms with Crippen LogP contribution in [-0.4, -0.2) is 44.9 Å². The van der Waals surface area contributed by atoms with E-state index in [0.717, 1.165) is 35.4 Å². The fourth-order valence-electron chi connectivity index (χ4n) is 2.65. The SMILES string of the molecule is CC(C)(C)OC=O.Nc1ncnc2c1c(-c1ccc(Cl)cc1)nn2C1CNC1. The summed E-state index contributed by atoms with van der Waals surface area (Å²) >= 11 is 5.95. The molecule has 8 nitrogen and oxygen atoms in total. The molecule has 0 radical (unpaired) electrons. The Balaban J connectivity index is 0.000000279. The third kappa shape index (κ3) is 4.40. The van der Waals surface area contributed by atoms with Crippen molar-refractivity contribution in [2.24, 2.45) is 0 Å². The van der Waals surface area contributed by atoms with Crippen molar-refractivity contribution >= 4 is 34.9 Å². The third-order valence-corrected chi connectivity index (χ3v) is 4.40. The molecule has 9 heteroatoms. The highest BCUT2D eigenvalue weighted by Gasteiger charge is 2.25. The predicted octanol–water partition coefficient (Wildman–Crippen LogP) is 2.83. The molecule has 3 heterocycles. The molecule has 3 N–H and O–H groups in total. The Kier molecular flexibility index (Phi) is 5.81. The smallest absolute Gasteiger partial charge is 0.293 e. The van der Waals surface area contributed by atoms with Crippen molar-refractivity contribution in [1.82, 2.24) is 25.1 Å². The number of nitrogen functional groups attached to an aromatic ring is 1. The molecule has 1 aromatic carbocycles. The molecule has 0 aliphatic carbocycles. The molecule has 0 unspecified atom stereocenters. The number of carbonyl (C=O) groups excluding carboxylic acids is 1. The third-order valence-electron chi connectivity index (χ3n) is 4.14. The number of anilines is 1. The Bertz CT molecular complexity index is 961. The van der Waals surface area contributed by atoms with E-state index in [0.29, 0.717) is 23.4 Å². The van der Waals surface area contributed by atoms with Crippen molar-refractivity contribution in [3.63, 3.8) is 0 Å². The number of aromatic nitrogens is 4. The first kappa shape index (κ1) is 20.0. The highest BCUT2D eigenvalue weighted by molar-refractivity contribution is 6.30. The number of hydrogen-bond acceptors (Lipinski definition) is 7. The highest BCUT2D eigenvalue weighted by atomic mass is 35.5. The van der Waals surface area contributed by atoms with Crippen LogP contribution in [0.5, 0.6) is 0 Å². The topological polar surface area (TPSA) is 108 Å². The summed E-state index contributed by atoms with van der Waals surface area (Å²) in [5.41, 5.74) is 8.26. The zero-order valence-electron chi connectivity index (χ0n) is 16.0. The van der Waals surface area contributed by atoms with E-state index in [-0.39, 0.29) is 5.60 Å². The van der Waals surface area contributed by atoms with Gasteiger partial charge in [0.2, 0.25) is 0 Å². The average molecular weight is 403 g/mol. The minimum atomic E-state index is -0.318. The molecule has 2 aromatic heterocycles. The van der Waals surface area contributed by atoms with Crippen LogP contribution in [0.15, 0.2) is 30.6 Å². The highest BCUT2D eigenvalue weighted by Crippen LogP contribution is 2.32. The number of rotatable bonds is 3. The van der Waals surface area contributed by atoms with Crippen LogP contribution in [0.3, 0.4) is 0 Å². The Labute approximate surface area is 168 Å². The summed E-state index contributed by atoms with van der Waals surface area (Å²) < 4.78 is 6.49. The van der Waals surface area contributed by atoms with Crippen LogP contribution in [0.4, 0.5) is 5.82 Å². The van der Waals surface area contributed by atoms with E-state index in [1.807, 2.05) is 49.7 Å². The first-order chi connectivity index (χ1) is 13.3. The van der Waals surface area contributed by atoms with Crippen molar-refractivity contribution < 1.29 is 9.53 Å². The van der Waals surface area contributed by atoms with Crippen LogP contribution in [0.1, 0.15) is 26.8 Å². The second-order valence-corrected chi connectivity index (χ2v) is 7.83. The van der Waals surface area contributed by atoms with E-state index in [1.165, 1.54) is 6.33 Å². The van der Waals surface area contributed by atoms with Gasteiger partial charge < -0.3 is 15.8 Å². The maximum atomic E-state index is 9.60. The van der Waals surface area contributed by atoms with Gasteiger partial charge in [0.05, 0.1) is 11.4 Å². The van der Waals surface area contributed by atoms with Gasteiger partial charge >= 0.3 is 0 Å². The van der Waals surface area contributed by atoms with Gasteiger partial charge in [-0.2, -0.15) is 5.10 Å².